The molecule has 0 saturated carbocycles. The molecule has 1 fully saturated rings. The van der Waals surface area contributed by atoms with Gasteiger partial charge >= 0.3 is 6.03 Å². The first kappa shape index (κ1) is 20.0. The summed E-state index contributed by atoms with van der Waals surface area (Å²) in [5.41, 5.74) is 0.841. The molecule has 1 aliphatic rings. The first-order valence-corrected chi connectivity index (χ1v) is 10.4. The van der Waals surface area contributed by atoms with Crippen LogP contribution >= 0.6 is 11.3 Å². The molecule has 2 aromatic carbocycles. The third-order valence-electron chi connectivity index (χ3n) is 4.84. The minimum Gasteiger partial charge on any atom is -0.324 e. The SMILES string of the molecule is O=C(Nc1ccccc1)c1nnc([C@H]2CCCN(C(=O)Nc3ccccc3F)C2)s1. The Kier molecular flexibility index (Phi) is 5.99. The summed E-state index contributed by atoms with van der Waals surface area (Å²) in [4.78, 5) is 26.6. The van der Waals surface area contributed by atoms with Crippen molar-refractivity contribution in [3.05, 3.63) is 70.4 Å². The fourth-order valence-electron chi connectivity index (χ4n) is 3.32. The number of para-hydroxylation sites is 2. The number of benzene rings is 2. The Morgan fingerprint density at radius 3 is 2.60 bits per heavy atom. The van der Waals surface area contributed by atoms with Crippen LogP contribution in [0.1, 0.15) is 33.6 Å². The monoisotopic (exact) mass is 425 g/mol. The quantitative estimate of drug-likeness (QED) is 0.651. The molecule has 154 valence electrons. The number of nitrogens with zero attached hydrogens (tertiary/aromatic N) is 3. The Bertz CT molecular complexity index is 1040. The van der Waals surface area contributed by atoms with Gasteiger partial charge in [0.15, 0.2) is 0 Å². The minimum absolute atomic E-state index is 0.0131. The zero-order valence-electron chi connectivity index (χ0n) is 16.0. The van der Waals surface area contributed by atoms with Crippen LogP contribution in [0.4, 0.5) is 20.6 Å². The number of hydrogen-bond acceptors (Lipinski definition) is 5. The predicted octanol–water partition coefficient (Wildman–Crippen LogP) is 4.34. The molecule has 0 radical (unpaired) electrons. The highest BCUT2D eigenvalue weighted by atomic mass is 32.1. The molecule has 1 aromatic heterocycles. The van der Waals surface area contributed by atoms with Crippen LogP contribution in [0.25, 0.3) is 0 Å². The number of nitrogens with one attached hydrogen (secondary N) is 2. The largest absolute Gasteiger partial charge is 0.324 e. The Hall–Kier alpha value is -3.33. The molecule has 1 atom stereocenters. The average Bonchev–Trinajstić information content (AvgIpc) is 3.27. The molecule has 9 heteroatoms. The Balaban J connectivity index is 1.39. The maximum Gasteiger partial charge on any atom is 0.321 e. The number of hydrogen-bond donors (Lipinski definition) is 2. The second kappa shape index (κ2) is 9.00. The number of aromatic nitrogens is 2. The maximum atomic E-state index is 13.8. The number of carbonyl (C=O) groups is 2. The second-order valence-corrected chi connectivity index (χ2v) is 7.97. The van der Waals surface area contributed by atoms with Crippen LogP contribution in [-0.4, -0.2) is 40.1 Å². The molecule has 0 spiro atoms. The number of piperidine rings is 1. The van der Waals surface area contributed by atoms with Crippen molar-refractivity contribution < 1.29 is 14.0 Å². The highest BCUT2D eigenvalue weighted by Gasteiger charge is 2.28. The van der Waals surface area contributed by atoms with Gasteiger partial charge in [0.2, 0.25) is 5.01 Å². The van der Waals surface area contributed by atoms with Crippen LogP contribution in [0.3, 0.4) is 0 Å². The summed E-state index contributed by atoms with van der Waals surface area (Å²) >= 11 is 1.23. The molecule has 0 aliphatic carbocycles. The third kappa shape index (κ3) is 4.62. The van der Waals surface area contributed by atoms with Gasteiger partial charge in [-0.3, -0.25) is 4.79 Å². The molecule has 0 bridgehead atoms. The van der Waals surface area contributed by atoms with Gasteiger partial charge in [-0.2, -0.15) is 0 Å². The lowest BCUT2D eigenvalue weighted by atomic mass is 9.99. The summed E-state index contributed by atoms with van der Waals surface area (Å²) in [6.45, 7) is 1.02. The van der Waals surface area contributed by atoms with E-state index >= 15 is 0 Å². The van der Waals surface area contributed by atoms with E-state index in [1.165, 1.54) is 23.5 Å². The minimum atomic E-state index is -0.474. The fraction of sp³-hybridized carbons (Fsp3) is 0.238. The van der Waals surface area contributed by atoms with Crippen molar-refractivity contribution in [1.82, 2.24) is 15.1 Å². The average molecular weight is 425 g/mol. The van der Waals surface area contributed by atoms with Gasteiger partial charge in [-0.15, -0.1) is 10.2 Å². The molecule has 1 saturated heterocycles. The lowest BCUT2D eigenvalue weighted by molar-refractivity contribution is 0.102. The van der Waals surface area contributed by atoms with E-state index in [0.717, 1.165) is 17.8 Å². The van der Waals surface area contributed by atoms with Crippen molar-refractivity contribution in [2.24, 2.45) is 0 Å². The summed E-state index contributed by atoms with van der Waals surface area (Å²) in [6, 6.07) is 14.9. The number of carbonyl (C=O) groups excluding carboxylic acids is 2. The van der Waals surface area contributed by atoms with E-state index in [9.17, 15) is 14.0 Å². The van der Waals surface area contributed by atoms with Gasteiger partial charge in [0.1, 0.15) is 10.8 Å². The molecule has 30 heavy (non-hydrogen) atoms. The summed E-state index contributed by atoms with van der Waals surface area (Å²) < 4.78 is 13.8. The van der Waals surface area contributed by atoms with Gasteiger partial charge in [-0.05, 0) is 37.1 Å². The van der Waals surface area contributed by atoms with Gasteiger partial charge in [0, 0.05) is 24.7 Å². The molecule has 3 aromatic rings. The molecule has 2 N–H and O–H groups in total. The van der Waals surface area contributed by atoms with Crippen molar-refractivity contribution in [3.8, 4) is 0 Å². The van der Waals surface area contributed by atoms with Crippen molar-refractivity contribution in [2.75, 3.05) is 23.7 Å². The van der Waals surface area contributed by atoms with E-state index in [4.69, 9.17) is 0 Å². The Labute approximate surface area is 176 Å². The van der Waals surface area contributed by atoms with Crippen molar-refractivity contribution in [1.29, 1.82) is 0 Å². The molecule has 4 rings (SSSR count). The summed E-state index contributed by atoms with van der Waals surface area (Å²) in [7, 11) is 0. The van der Waals surface area contributed by atoms with Crippen LogP contribution in [-0.2, 0) is 0 Å². The summed E-state index contributed by atoms with van der Waals surface area (Å²) in [6.07, 6.45) is 1.64. The zero-order chi connectivity index (χ0) is 20.9. The highest BCUT2D eigenvalue weighted by Crippen LogP contribution is 2.30. The number of halogens is 1. The molecule has 7 nitrogen and oxygen atoms in total. The maximum absolute atomic E-state index is 13.8. The standard InChI is InChI=1S/C21H20FN5O2S/c22-16-10-4-5-11-17(16)24-21(29)27-12-6-7-14(13-27)19-25-26-20(30-19)18(28)23-15-8-2-1-3-9-15/h1-5,8-11,14H,6-7,12-13H2,(H,23,28)(H,24,29)/t14-/m0/s1. The van der Waals surface area contributed by atoms with Crippen molar-refractivity contribution >= 4 is 34.6 Å². The molecule has 0 unspecified atom stereocenters. The van der Waals surface area contributed by atoms with Gasteiger partial charge in [-0.1, -0.05) is 41.7 Å². The van der Waals surface area contributed by atoms with E-state index in [1.54, 1.807) is 29.2 Å². The second-order valence-electron chi connectivity index (χ2n) is 6.96. The van der Waals surface area contributed by atoms with E-state index in [2.05, 4.69) is 20.8 Å². The lowest BCUT2D eigenvalue weighted by Crippen LogP contribution is -2.41. The summed E-state index contributed by atoms with van der Waals surface area (Å²) in [5.74, 6) is -0.798. The number of likely N-dealkylation sites (tertiary alicyclic amines) is 1. The topological polar surface area (TPSA) is 87.2 Å². The highest BCUT2D eigenvalue weighted by molar-refractivity contribution is 7.13. The number of urea groups is 1. The van der Waals surface area contributed by atoms with E-state index in [0.29, 0.717) is 18.8 Å². The van der Waals surface area contributed by atoms with Gasteiger partial charge in [0.25, 0.3) is 5.91 Å². The number of anilines is 2. The first-order chi connectivity index (χ1) is 14.6. The first-order valence-electron chi connectivity index (χ1n) is 9.60. The normalized spacial score (nSPS) is 16.2. The van der Waals surface area contributed by atoms with Gasteiger partial charge < -0.3 is 15.5 Å². The van der Waals surface area contributed by atoms with Crippen LogP contribution in [0.5, 0.6) is 0 Å². The number of amides is 3. The van der Waals surface area contributed by atoms with Crippen LogP contribution < -0.4 is 10.6 Å². The van der Waals surface area contributed by atoms with Crippen molar-refractivity contribution in [2.45, 2.75) is 18.8 Å². The fourth-order valence-corrected chi connectivity index (χ4v) is 4.18. The molecule has 2 heterocycles. The smallest absolute Gasteiger partial charge is 0.321 e. The van der Waals surface area contributed by atoms with Gasteiger partial charge in [0.05, 0.1) is 5.69 Å². The number of rotatable bonds is 4. The van der Waals surface area contributed by atoms with Crippen LogP contribution in [0.2, 0.25) is 0 Å². The zero-order valence-corrected chi connectivity index (χ0v) is 16.9. The van der Waals surface area contributed by atoms with E-state index in [-0.39, 0.29) is 28.6 Å². The predicted molar refractivity (Wildman–Crippen MR) is 113 cm³/mol. The van der Waals surface area contributed by atoms with Crippen molar-refractivity contribution in [3.63, 3.8) is 0 Å². The molecular formula is C21H20FN5O2S. The van der Waals surface area contributed by atoms with Crippen LogP contribution in [0.15, 0.2) is 54.6 Å². The van der Waals surface area contributed by atoms with Crippen LogP contribution in [0, 0.1) is 5.82 Å². The third-order valence-corrected chi connectivity index (χ3v) is 5.92. The Morgan fingerprint density at radius 1 is 1.03 bits per heavy atom. The molecule has 1 aliphatic heterocycles. The van der Waals surface area contributed by atoms with Gasteiger partial charge in [-0.25, -0.2) is 9.18 Å². The molecule has 3 amide bonds. The van der Waals surface area contributed by atoms with E-state index in [1.807, 2.05) is 18.2 Å². The Morgan fingerprint density at radius 2 is 1.80 bits per heavy atom. The van der Waals surface area contributed by atoms with E-state index < -0.39 is 5.82 Å². The summed E-state index contributed by atoms with van der Waals surface area (Å²) in [5, 5.41) is 14.6. The molecular weight excluding hydrogens is 405 g/mol. The lowest BCUT2D eigenvalue weighted by Gasteiger charge is -2.31.